The Hall–Kier alpha value is -4.09. The van der Waals surface area contributed by atoms with Crippen LogP contribution in [0.2, 0.25) is 0 Å². The van der Waals surface area contributed by atoms with E-state index in [4.69, 9.17) is 24.3 Å². The zero-order valence-electron chi connectivity index (χ0n) is 28.5. The summed E-state index contributed by atoms with van der Waals surface area (Å²) in [5.41, 5.74) is 2.02. The molecule has 0 spiro atoms. The van der Waals surface area contributed by atoms with Crippen molar-refractivity contribution in [1.82, 2.24) is 14.6 Å². The number of aromatic nitrogens is 3. The van der Waals surface area contributed by atoms with Crippen molar-refractivity contribution in [2.45, 2.75) is 97.1 Å². The van der Waals surface area contributed by atoms with Crippen molar-refractivity contribution in [1.29, 1.82) is 0 Å². The van der Waals surface area contributed by atoms with Gasteiger partial charge >= 0.3 is 5.97 Å². The van der Waals surface area contributed by atoms with Crippen LogP contribution in [0.5, 0.6) is 5.75 Å². The quantitative estimate of drug-likeness (QED) is 0.236. The van der Waals surface area contributed by atoms with Crippen LogP contribution in [-0.4, -0.2) is 62.7 Å². The molecule has 1 N–H and O–H groups in total. The molecule has 2 aromatic heterocycles. The van der Waals surface area contributed by atoms with E-state index in [2.05, 4.69) is 11.8 Å². The molecule has 6 bridgehead atoms. The van der Waals surface area contributed by atoms with E-state index >= 15 is 4.39 Å². The van der Waals surface area contributed by atoms with E-state index in [-0.39, 0.29) is 17.3 Å². The van der Waals surface area contributed by atoms with E-state index in [1.54, 1.807) is 35.7 Å². The summed E-state index contributed by atoms with van der Waals surface area (Å²) in [6, 6.07) is 10.7. The highest BCUT2D eigenvalue weighted by atomic mass is 19.1. The van der Waals surface area contributed by atoms with Gasteiger partial charge in [-0.05, 0) is 103 Å². The van der Waals surface area contributed by atoms with Crippen molar-refractivity contribution in [3.63, 3.8) is 0 Å². The van der Waals surface area contributed by atoms with Crippen LogP contribution in [0.3, 0.4) is 0 Å². The molecule has 0 saturated carbocycles. The first-order chi connectivity index (χ1) is 22.7. The van der Waals surface area contributed by atoms with Crippen LogP contribution in [0, 0.1) is 18.6 Å². The third kappa shape index (κ3) is 7.03. The molecular weight excluding hydrogens is 618 g/mol. The lowest BCUT2D eigenvalue weighted by molar-refractivity contribution is -0.160. The minimum absolute atomic E-state index is 0.174. The van der Waals surface area contributed by atoms with Crippen LogP contribution in [0.4, 0.5) is 14.6 Å². The van der Waals surface area contributed by atoms with Crippen LogP contribution >= 0.6 is 0 Å². The normalized spacial score (nSPS) is 21.2. The molecule has 0 unspecified atom stereocenters. The fraction of sp³-hybridized carbons (Fsp3) is 0.486. The molecule has 4 aromatic rings. The Labute approximate surface area is 279 Å². The van der Waals surface area contributed by atoms with Gasteiger partial charge in [0.2, 0.25) is 0 Å². The number of hydrogen-bond donors (Lipinski definition) is 1. The Balaban J connectivity index is 1.56. The highest BCUT2D eigenvalue weighted by molar-refractivity contribution is 5.80. The zero-order chi connectivity index (χ0) is 34.4. The first kappa shape index (κ1) is 33.8. The molecule has 3 aliphatic rings. The van der Waals surface area contributed by atoms with Gasteiger partial charge in [0.05, 0.1) is 28.6 Å². The molecule has 9 nitrogen and oxygen atoms in total. The van der Waals surface area contributed by atoms with Gasteiger partial charge in [0, 0.05) is 48.6 Å². The number of carboxylic acid groups (broad SMARTS) is 1. The molecule has 5 heterocycles. The number of ether oxygens (including phenoxy) is 3. The van der Waals surface area contributed by atoms with E-state index in [1.165, 1.54) is 18.2 Å². The van der Waals surface area contributed by atoms with Crippen LogP contribution in [-0.2, 0) is 14.3 Å². The Morgan fingerprint density at radius 1 is 1.08 bits per heavy atom. The van der Waals surface area contributed by atoms with Crippen molar-refractivity contribution in [2.75, 3.05) is 24.6 Å². The van der Waals surface area contributed by atoms with E-state index in [9.17, 15) is 14.3 Å². The summed E-state index contributed by atoms with van der Waals surface area (Å²) in [4.78, 5) is 19.7. The van der Waals surface area contributed by atoms with Gasteiger partial charge < -0.3 is 24.2 Å². The fourth-order valence-electron chi connectivity index (χ4n) is 6.63. The number of benzene rings is 2. The fourth-order valence-corrected chi connectivity index (χ4v) is 6.63. The molecular formula is C37H44F2N4O5. The maximum absolute atomic E-state index is 15.7. The Morgan fingerprint density at radius 3 is 2.54 bits per heavy atom. The number of fused-ring (bicyclic) bond motifs is 8. The van der Waals surface area contributed by atoms with Gasteiger partial charge in [-0.3, -0.25) is 0 Å². The summed E-state index contributed by atoms with van der Waals surface area (Å²) in [6.45, 7) is 13.1. The average Bonchev–Trinajstić information content (AvgIpc) is 3.42. The van der Waals surface area contributed by atoms with Crippen molar-refractivity contribution < 1.29 is 32.9 Å². The standard InChI is InChI=1S/C37H44F2N4O5/c1-22-9-7-8-18-46-37(6)14-16-42(17-15-37)34-32(33(35(44)45)48-36(3,4)5)23(2)40-31-21-29(41-43(31)34)27-19-24(10-13-28(27)39)26-12-11-25(38)20-30(26)47-22/h10-13,19-22,33H,7-9,14-18H2,1-6H3,(H,44,45)/t22-,33-/m0/s1. The molecule has 1 saturated heterocycles. The summed E-state index contributed by atoms with van der Waals surface area (Å²) >= 11 is 0. The van der Waals surface area contributed by atoms with Gasteiger partial charge in [-0.15, -0.1) is 0 Å². The van der Waals surface area contributed by atoms with Crippen molar-refractivity contribution in [3.05, 3.63) is 65.4 Å². The van der Waals surface area contributed by atoms with Crippen molar-refractivity contribution in [2.24, 2.45) is 0 Å². The van der Waals surface area contributed by atoms with Gasteiger partial charge in [-0.1, -0.05) is 6.07 Å². The molecule has 3 aliphatic heterocycles. The molecule has 0 aliphatic carbocycles. The molecule has 11 heteroatoms. The zero-order valence-corrected chi connectivity index (χ0v) is 28.5. The molecule has 256 valence electrons. The Morgan fingerprint density at radius 2 is 1.83 bits per heavy atom. The third-order valence-corrected chi connectivity index (χ3v) is 9.16. The Kier molecular flexibility index (Phi) is 9.21. The first-order valence-corrected chi connectivity index (χ1v) is 16.7. The number of carbonyl (C=O) groups is 1. The molecule has 1 fully saturated rings. The average molecular weight is 663 g/mol. The van der Waals surface area contributed by atoms with Gasteiger partial charge in [-0.25, -0.2) is 18.6 Å². The topological polar surface area (TPSA) is 98.4 Å². The lowest BCUT2D eigenvalue weighted by Gasteiger charge is -2.41. The van der Waals surface area contributed by atoms with E-state index in [0.717, 1.165) is 19.3 Å². The number of rotatable bonds is 3. The number of halogens is 2. The highest BCUT2D eigenvalue weighted by Crippen LogP contribution is 2.40. The number of carboxylic acids is 1. The summed E-state index contributed by atoms with van der Waals surface area (Å²) in [5, 5.41) is 15.3. The second-order valence-electron chi connectivity index (χ2n) is 14.2. The van der Waals surface area contributed by atoms with Crippen LogP contribution in [0.15, 0.2) is 42.5 Å². The number of hydrogen-bond acceptors (Lipinski definition) is 7. The molecule has 0 radical (unpaired) electrons. The van der Waals surface area contributed by atoms with Crippen molar-refractivity contribution in [3.8, 4) is 28.1 Å². The van der Waals surface area contributed by atoms with E-state index < -0.39 is 29.3 Å². The van der Waals surface area contributed by atoms with Gasteiger partial charge in [0.1, 0.15) is 23.2 Å². The Bertz CT molecular complexity index is 1830. The predicted molar refractivity (Wildman–Crippen MR) is 179 cm³/mol. The smallest absolute Gasteiger partial charge is 0.337 e. The second kappa shape index (κ2) is 13.1. The largest absolute Gasteiger partial charge is 0.490 e. The number of piperidine rings is 1. The summed E-state index contributed by atoms with van der Waals surface area (Å²) < 4.78 is 50.6. The van der Waals surface area contributed by atoms with Crippen LogP contribution in [0.1, 0.15) is 84.1 Å². The monoisotopic (exact) mass is 662 g/mol. The maximum Gasteiger partial charge on any atom is 0.337 e. The number of aryl methyl sites for hydroxylation is 1. The summed E-state index contributed by atoms with van der Waals surface area (Å²) in [5.74, 6) is -1.13. The van der Waals surface area contributed by atoms with E-state index in [1.807, 2.05) is 27.7 Å². The number of anilines is 1. The minimum atomic E-state index is -1.32. The van der Waals surface area contributed by atoms with Gasteiger partial charge in [0.25, 0.3) is 0 Å². The predicted octanol–water partition coefficient (Wildman–Crippen LogP) is 7.92. The molecule has 2 aromatic carbocycles. The second-order valence-corrected chi connectivity index (χ2v) is 14.2. The maximum atomic E-state index is 15.7. The van der Waals surface area contributed by atoms with E-state index in [0.29, 0.717) is 77.8 Å². The minimum Gasteiger partial charge on any atom is -0.490 e. The highest BCUT2D eigenvalue weighted by Gasteiger charge is 2.38. The van der Waals surface area contributed by atoms with Crippen LogP contribution < -0.4 is 9.64 Å². The molecule has 2 atom stereocenters. The summed E-state index contributed by atoms with van der Waals surface area (Å²) in [7, 11) is 0. The summed E-state index contributed by atoms with van der Waals surface area (Å²) in [6.07, 6.45) is 2.40. The van der Waals surface area contributed by atoms with Gasteiger partial charge in [0.15, 0.2) is 11.8 Å². The molecule has 0 amide bonds. The number of aliphatic carboxylic acids is 1. The van der Waals surface area contributed by atoms with Crippen molar-refractivity contribution >= 4 is 17.4 Å². The first-order valence-electron chi connectivity index (χ1n) is 16.7. The molecule has 7 rings (SSSR count). The number of nitrogens with zero attached hydrogens (tertiary/aromatic N) is 4. The molecule has 48 heavy (non-hydrogen) atoms. The lowest BCUT2D eigenvalue weighted by Crippen LogP contribution is -2.46. The SMILES string of the molecule is Cc1nc2cc3nn2c(c1[C@H](OC(C)(C)C)C(=O)O)N1CCC(C)(CC1)OCCCC[C@H](C)Oc1cc(F)ccc1-c1ccc(F)c-3c1. The van der Waals surface area contributed by atoms with Gasteiger partial charge in [-0.2, -0.15) is 9.61 Å². The third-order valence-electron chi connectivity index (χ3n) is 9.16. The van der Waals surface area contributed by atoms with Crippen LogP contribution in [0.25, 0.3) is 28.0 Å². The lowest BCUT2D eigenvalue weighted by atomic mass is 9.92.